The van der Waals surface area contributed by atoms with Crippen LogP contribution >= 0.6 is 22.7 Å². The average molecular weight is 587 g/mol. The van der Waals surface area contributed by atoms with Gasteiger partial charge in [-0.25, -0.2) is 9.97 Å². The van der Waals surface area contributed by atoms with E-state index in [2.05, 4.69) is 15.6 Å². The van der Waals surface area contributed by atoms with Gasteiger partial charge in [0.05, 0.1) is 27.9 Å². The number of thiazole rings is 1. The Morgan fingerprint density at radius 1 is 1.12 bits per heavy atom. The molecule has 7 rings (SSSR count). The quantitative estimate of drug-likeness (QED) is 0.215. The normalized spacial score (nSPS) is 21.9. The summed E-state index contributed by atoms with van der Waals surface area (Å²) in [6.45, 7) is 0.226. The SMILES string of the molecule is Nc1nc2ccc(CNC(=O)c3cccn4c(C(=O)NC5(CO)CC6CCC(C6)C5)c(-c5ccsc5)nc34)cc2s1. The highest BCUT2D eigenvalue weighted by Crippen LogP contribution is 2.46. The highest BCUT2D eigenvalue weighted by atomic mass is 32.1. The average Bonchev–Trinajstić information content (AvgIpc) is 3.76. The molecule has 0 aliphatic heterocycles. The van der Waals surface area contributed by atoms with Crippen LogP contribution in [-0.2, 0) is 6.54 Å². The van der Waals surface area contributed by atoms with E-state index in [4.69, 9.17) is 10.7 Å². The van der Waals surface area contributed by atoms with Crippen LogP contribution in [0.1, 0.15) is 58.5 Å². The van der Waals surface area contributed by atoms with E-state index in [0.29, 0.717) is 46.1 Å². The number of hydrogen-bond acceptors (Lipinski definition) is 8. The van der Waals surface area contributed by atoms with E-state index in [0.717, 1.165) is 47.0 Å². The molecule has 0 saturated heterocycles. The number of aliphatic hydroxyl groups is 1. The minimum Gasteiger partial charge on any atom is -0.394 e. The molecular weight excluding hydrogens is 557 g/mol. The van der Waals surface area contributed by atoms with Crippen molar-refractivity contribution in [1.82, 2.24) is 25.0 Å². The van der Waals surface area contributed by atoms with Crippen molar-refractivity contribution < 1.29 is 14.7 Å². The van der Waals surface area contributed by atoms with E-state index >= 15 is 0 Å². The summed E-state index contributed by atoms with van der Waals surface area (Å²) in [5.74, 6) is 0.487. The maximum Gasteiger partial charge on any atom is 0.271 e. The van der Waals surface area contributed by atoms with Crippen LogP contribution in [0.2, 0.25) is 0 Å². The van der Waals surface area contributed by atoms with E-state index in [1.807, 2.05) is 35.0 Å². The fourth-order valence-corrected chi connectivity index (χ4v) is 8.18. The minimum absolute atomic E-state index is 0.0934. The molecule has 2 atom stereocenters. The maximum atomic E-state index is 14.0. The van der Waals surface area contributed by atoms with Gasteiger partial charge in [0, 0.05) is 23.7 Å². The van der Waals surface area contributed by atoms with E-state index in [1.54, 1.807) is 22.7 Å². The second-order valence-electron chi connectivity index (χ2n) is 11.3. The van der Waals surface area contributed by atoms with Crippen LogP contribution in [-0.4, -0.2) is 43.4 Å². The van der Waals surface area contributed by atoms with Crippen molar-refractivity contribution in [2.45, 2.75) is 44.2 Å². The number of carbonyl (C=O) groups excluding carboxylic acids is 2. The first-order chi connectivity index (χ1) is 19.9. The molecule has 2 unspecified atom stereocenters. The molecule has 0 spiro atoms. The summed E-state index contributed by atoms with van der Waals surface area (Å²) in [7, 11) is 0. The molecular formula is C30H30N6O3S2. The third-order valence-electron chi connectivity index (χ3n) is 8.52. The number of pyridine rings is 1. The van der Waals surface area contributed by atoms with Crippen molar-refractivity contribution in [3.63, 3.8) is 0 Å². The van der Waals surface area contributed by atoms with E-state index in [9.17, 15) is 14.7 Å². The Balaban J connectivity index is 1.21. The topological polar surface area (TPSA) is 135 Å². The van der Waals surface area contributed by atoms with Crippen molar-refractivity contribution in [2.24, 2.45) is 11.8 Å². The van der Waals surface area contributed by atoms with Gasteiger partial charge in [-0.05, 0) is 72.4 Å². The van der Waals surface area contributed by atoms with Crippen LogP contribution < -0.4 is 16.4 Å². The summed E-state index contributed by atoms with van der Waals surface area (Å²) >= 11 is 2.93. The zero-order valence-corrected chi connectivity index (χ0v) is 23.9. The summed E-state index contributed by atoms with van der Waals surface area (Å²) in [4.78, 5) is 36.6. The summed E-state index contributed by atoms with van der Waals surface area (Å²) in [6.07, 6.45) is 6.82. The second-order valence-corrected chi connectivity index (χ2v) is 13.2. The lowest BCUT2D eigenvalue weighted by atomic mass is 9.75. The first-order valence-corrected chi connectivity index (χ1v) is 15.6. The smallest absolute Gasteiger partial charge is 0.271 e. The summed E-state index contributed by atoms with van der Waals surface area (Å²) < 4.78 is 2.67. The van der Waals surface area contributed by atoms with Crippen LogP contribution in [0.15, 0.2) is 53.4 Å². The predicted molar refractivity (Wildman–Crippen MR) is 161 cm³/mol. The molecule has 11 heteroatoms. The highest BCUT2D eigenvalue weighted by molar-refractivity contribution is 7.22. The van der Waals surface area contributed by atoms with Gasteiger partial charge in [0.15, 0.2) is 10.8 Å². The Morgan fingerprint density at radius 2 is 1.95 bits per heavy atom. The second kappa shape index (κ2) is 10.2. The molecule has 5 aromatic rings. The van der Waals surface area contributed by atoms with Crippen molar-refractivity contribution in [3.05, 3.63) is 70.2 Å². The number of amides is 2. The molecule has 4 heterocycles. The molecule has 0 radical (unpaired) electrons. The zero-order valence-electron chi connectivity index (χ0n) is 22.3. The molecule has 2 amide bonds. The molecule has 4 aromatic heterocycles. The molecule has 2 saturated carbocycles. The van der Waals surface area contributed by atoms with Gasteiger partial charge < -0.3 is 21.5 Å². The number of anilines is 1. The fraction of sp³-hybridized carbons (Fsp3) is 0.333. The zero-order chi connectivity index (χ0) is 28.1. The molecule has 2 aliphatic rings. The number of nitrogens with zero attached hydrogens (tertiary/aromatic N) is 3. The maximum absolute atomic E-state index is 14.0. The predicted octanol–water partition coefficient (Wildman–Crippen LogP) is 4.86. The van der Waals surface area contributed by atoms with Crippen LogP contribution in [0.3, 0.4) is 0 Å². The number of nitrogen functional groups attached to an aromatic ring is 1. The first kappa shape index (κ1) is 26.1. The monoisotopic (exact) mass is 586 g/mol. The van der Waals surface area contributed by atoms with Crippen LogP contribution in [0.5, 0.6) is 0 Å². The Bertz CT molecular complexity index is 1760. The lowest BCUT2D eigenvalue weighted by Gasteiger charge is -2.40. The van der Waals surface area contributed by atoms with Crippen molar-refractivity contribution in [2.75, 3.05) is 12.3 Å². The highest BCUT2D eigenvalue weighted by Gasteiger charge is 2.45. The van der Waals surface area contributed by atoms with Gasteiger partial charge in [-0.2, -0.15) is 11.3 Å². The van der Waals surface area contributed by atoms with Crippen LogP contribution in [0.4, 0.5) is 5.13 Å². The number of nitrogens with two attached hydrogens (primary N) is 1. The Kier molecular flexibility index (Phi) is 6.52. The standard InChI is InChI=1S/C30H30N6O3S2/c31-29-33-22-6-5-19(11-23(22)41-29)14-32-27(38)21-2-1-8-36-25(24(34-26(21)36)20-7-9-40-15-20)28(39)35-30(16-37)12-17-3-4-18(10-17)13-30/h1-2,5-9,11,15,17-18,37H,3-4,10,12-14,16H2,(H2,31,33)(H,32,38)(H,35,39). The largest absolute Gasteiger partial charge is 0.394 e. The Labute approximate surface area is 244 Å². The lowest BCUT2D eigenvalue weighted by molar-refractivity contribution is 0.0658. The van der Waals surface area contributed by atoms with Gasteiger partial charge in [0.1, 0.15) is 11.4 Å². The van der Waals surface area contributed by atoms with E-state index in [-0.39, 0.29) is 18.4 Å². The molecule has 41 heavy (non-hydrogen) atoms. The van der Waals surface area contributed by atoms with E-state index in [1.165, 1.54) is 29.1 Å². The Morgan fingerprint density at radius 3 is 2.71 bits per heavy atom. The summed E-state index contributed by atoms with van der Waals surface area (Å²) in [6, 6.07) is 11.2. The number of hydrogen-bond donors (Lipinski definition) is 4. The van der Waals surface area contributed by atoms with Gasteiger partial charge in [-0.3, -0.25) is 14.0 Å². The molecule has 1 aromatic carbocycles. The van der Waals surface area contributed by atoms with Crippen LogP contribution in [0, 0.1) is 11.8 Å². The third-order valence-corrected chi connectivity index (χ3v) is 10.0. The molecule has 2 fully saturated rings. The van der Waals surface area contributed by atoms with Gasteiger partial charge in [0.2, 0.25) is 0 Å². The molecule has 5 N–H and O–H groups in total. The number of benzene rings is 1. The summed E-state index contributed by atoms with van der Waals surface area (Å²) in [5, 5.41) is 21.1. The number of thiophene rings is 1. The van der Waals surface area contributed by atoms with Gasteiger partial charge in [-0.1, -0.05) is 30.2 Å². The fourth-order valence-electron chi connectivity index (χ4n) is 6.75. The number of fused-ring (bicyclic) bond motifs is 4. The van der Waals surface area contributed by atoms with E-state index < -0.39 is 5.54 Å². The number of carbonyl (C=O) groups is 2. The van der Waals surface area contributed by atoms with Gasteiger partial charge >= 0.3 is 0 Å². The number of nitrogens with one attached hydrogen (secondary N) is 2. The molecule has 2 aliphatic carbocycles. The number of imidazole rings is 1. The lowest BCUT2D eigenvalue weighted by Crippen LogP contribution is -2.54. The van der Waals surface area contributed by atoms with Crippen molar-refractivity contribution in [1.29, 1.82) is 0 Å². The first-order valence-electron chi connectivity index (χ1n) is 13.8. The summed E-state index contributed by atoms with van der Waals surface area (Å²) in [5.41, 5.74) is 9.43. The Hall–Kier alpha value is -3.80. The van der Waals surface area contributed by atoms with Gasteiger partial charge in [0.25, 0.3) is 11.8 Å². The third kappa shape index (κ3) is 4.77. The molecule has 210 valence electrons. The number of rotatable bonds is 7. The number of aromatic nitrogens is 3. The van der Waals surface area contributed by atoms with Gasteiger partial charge in [-0.15, -0.1) is 0 Å². The number of aliphatic hydroxyl groups excluding tert-OH is 1. The van der Waals surface area contributed by atoms with Crippen LogP contribution in [0.25, 0.3) is 27.1 Å². The molecule has 9 nitrogen and oxygen atoms in total. The van der Waals surface area contributed by atoms with Crippen molar-refractivity contribution in [3.8, 4) is 11.3 Å². The molecule has 2 bridgehead atoms. The van der Waals surface area contributed by atoms with Crippen molar-refractivity contribution >= 4 is 55.5 Å². The minimum atomic E-state index is -0.643.